The van der Waals surface area contributed by atoms with Crippen molar-refractivity contribution in [2.45, 2.75) is 37.4 Å². The summed E-state index contributed by atoms with van der Waals surface area (Å²) in [6.45, 7) is 2.09. The summed E-state index contributed by atoms with van der Waals surface area (Å²) in [6, 6.07) is 14.4. The molecule has 2 nitrogen and oxygen atoms in total. The molecule has 2 aliphatic heterocycles. The van der Waals surface area contributed by atoms with Gasteiger partial charge in [0.1, 0.15) is 23.7 Å². The molecule has 0 radical (unpaired) electrons. The highest BCUT2D eigenvalue weighted by Gasteiger charge is 2.31. The average Bonchev–Trinajstić information content (AvgIpc) is 3.07. The van der Waals surface area contributed by atoms with E-state index < -0.39 is 0 Å². The van der Waals surface area contributed by atoms with Gasteiger partial charge in [0.2, 0.25) is 0 Å². The number of rotatable bonds is 2. The fourth-order valence-corrected chi connectivity index (χ4v) is 3.48. The SMILES string of the molecule is CC1Cc2cc(C(Cl)C3Cc4ccccc4O3)ccc2O1. The lowest BCUT2D eigenvalue weighted by Crippen LogP contribution is -2.19. The van der Waals surface area contributed by atoms with Crippen LogP contribution in [0.5, 0.6) is 11.5 Å². The number of alkyl halides is 1. The van der Waals surface area contributed by atoms with Gasteiger partial charge >= 0.3 is 0 Å². The first kappa shape index (κ1) is 13.0. The van der Waals surface area contributed by atoms with Gasteiger partial charge in [-0.2, -0.15) is 0 Å². The van der Waals surface area contributed by atoms with Gasteiger partial charge in [-0.25, -0.2) is 0 Å². The summed E-state index contributed by atoms with van der Waals surface area (Å²) in [6.07, 6.45) is 2.09. The van der Waals surface area contributed by atoms with E-state index >= 15 is 0 Å². The van der Waals surface area contributed by atoms with Crippen LogP contribution in [-0.2, 0) is 12.8 Å². The Kier molecular flexibility index (Phi) is 3.07. The molecule has 2 aromatic rings. The predicted octanol–water partition coefficient (Wildman–Crippen LogP) is 4.29. The van der Waals surface area contributed by atoms with Crippen LogP contribution >= 0.6 is 11.6 Å². The third-order valence-corrected chi connectivity index (χ3v) is 4.77. The Labute approximate surface area is 129 Å². The molecular weight excluding hydrogens is 284 g/mol. The molecule has 108 valence electrons. The first-order valence-electron chi connectivity index (χ1n) is 7.39. The zero-order valence-corrected chi connectivity index (χ0v) is 12.6. The molecule has 2 aromatic carbocycles. The molecule has 0 bridgehead atoms. The summed E-state index contributed by atoms with van der Waals surface area (Å²) >= 11 is 6.67. The molecule has 0 amide bonds. The Morgan fingerprint density at radius 3 is 2.67 bits per heavy atom. The molecule has 2 aliphatic rings. The summed E-state index contributed by atoms with van der Waals surface area (Å²) in [5.41, 5.74) is 3.61. The standard InChI is InChI=1S/C18H17ClO2/c1-11-8-14-9-13(6-7-16(14)20-11)18(19)17-10-12-4-2-3-5-15(12)21-17/h2-7,9,11,17-18H,8,10H2,1H3. The van der Waals surface area contributed by atoms with Gasteiger partial charge in [0.05, 0.1) is 5.38 Å². The second-order valence-electron chi connectivity index (χ2n) is 5.87. The van der Waals surface area contributed by atoms with Gasteiger partial charge in [0, 0.05) is 12.8 Å². The first-order valence-corrected chi connectivity index (χ1v) is 7.82. The number of benzene rings is 2. The van der Waals surface area contributed by atoms with Gasteiger partial charge in [0.25, 0.3) is 0 Å². The van der Waals surface area contributed by atoms with E-state index in [2.05, 4.69) is 25.1 Å². The molecule has 0 saturated heterocycles. The molecule has 0 saturated carbocycles. The van der Waals surface area contributed by atoms with Crippen LogP contribution in [-0.4, -0.2) is 12.2 Å². The Bertz CT molecular complexity index is 658. The quantitative estimate of drug-likeness (QED) is 0.770. The van der Waals surface area contributed by atoms with Crippen LogP contribution in [0.1, 0.15) is 29.0 Å². The largest absolute Gasteiger partial charge is 0.490 e. The van der Waals surface area contributed by atoms with Crippen molar-refractivity contribution >= 4 is 11.6 Å². The molecule has 0 aromatic heterocycles. The zero-order chi connectivity index (χ0) is 14.4. The van der Waals surface area contributed by atoms with Gasteiger partial charge in [-0.15, -0.1) is 11.6 Å². The van der Waals surface area contributed by atoms with Crippen LogP contribution in [0.15, 0.2) is 42.5 Å². The number of ether oxygens (including phenoxy) is 2. The van der Waals surface area contributed by atoms with Crippen LogP contribution in [0.2, 0.25) is 0 Å². The van der Waals surface area contributed by atoms with E-state index in [0.29, 0.717) is 0 Å². The Hall–Kier alpha value is -1.67. The minimum absolute atomic E-state index is 0.00172. The second-order valence-corrected chi connectivity index (χ2v) is 6.34. The van der Waals surface area contributed by atoms with E-state index in [1.54, 1.807) is 0 Å². The van der Waals surface area contributed by atoms with E-state index in [9.17, 15) is 0 Å². The Morgan fingerprint density at radius 2 is 1.81 bits per heavy atom. The van der Waals surface area contributed by atoms with Crippen LogP contribution in [0, 0.1) is 0 Å². The minimum atomic E-state index is -0.140. The minimum Gasteiger partial charge on any atom is -0.490 e. The molecule has 3 atom stereocenters. The molecule has 2 heterocycles. The number of halogens is 1. The molecular formula is C18H17ClO2. The predicted molar refractivity (Wildman–Crippen MR) is 83.4 cm³/mol. The van der Waals surface area contributed by atoms with Gasteiger partial charge < -0.3 is 9.47 Å². The summed E-state index contributed by atoms with van der Waals surface area (Å²) in [7, 11) is 0. The topological polar surface area (TPSA) is 18.5 Å². The van der Waals surface area contributed by atoms with E-state index in [0.717, 1.165) is 29.9 Å². The average molecular weight is 301 g/mol. The van der Waals surface area contributed by atoms with Crippen molar-refractivity contribution in [3.63, 3.8) is 0 Å². The molecule has 21 heavy (non-hydrogen) atoms. The van der Waals surface area contributed by atoms with Crippen molar-refractivity contribution in [3.05, 3.63) is 59.2 Å². The molecule has 0 aliphatic carbocycles. The molecule has 4 rings (SSSR count). The highest BCUT2D eigenvalue weighted by Crippen LogP contribution is 2.39. The third-order valence-electron chi connectivity index (χ3n) is 4.24. The Balaban J connectivity index is 1.57. The van der Waals surface area contributed by atoms with Crippen molar-refractivity contribution in [2.24, 2.45) is 0 Å². The summed E-state index contributed by atoms with van der Waals surface area (Å²) in [4.78, 5) is 0. The van der Waals surface area contributed by atoms with Crippen molar-refractivity contribution in [1.82, 2.24) is 0 Å². The lowest BCUT2D eigenvalue weighted by Gasteiger charge is -2.18. The third kappa shape index (κ3) is 2.28. The summed E-state index contributed by atoms with van der Waals surface area (Å²) in [5, 5.41) is -0.140. The zero-order valence-electron chi connectivity index (χ0n) is 11.9. The van der Waals surface area contributed by atoms with Gasteiger partial charge in [-0.05, 0) is 35.7 Å². The lowest BCUT2D eigenvalue weighted by atomic mass is 10.00. The second kappa shape index (κ2) is 4.96. The number of fused-ring (bicyclic) bond motifs is 2. The van der Waals surface area contributed by atoms with Crippen LogP contribution in [0.4, 0.5) is 0 Å². The molecule has 3 unspecified atom stereocenters. The van der Waals surface area contributed by atoms with E-state index in [-0.39, 0.29) is 17.6 Å². The van der Waals surface area contributed by atoms with Gasteiger partial charge in [-0.1, -0.05) is 30.3 Å². The highest BCUT2D eigenvalue weighted by molar-refractivity contribution is 6.21. The lowest BCUT2D eigenvalue weighted by molar-refractivity contribution is 0.227. The van der Waals surface area contributed by atoms with E-state index in [1.807, 2.05) is 24.3 Å². The summed E-state index contributed by atoms with van der Waals surface area (Å²) < 4.78 is 11.7. The van der Waals surface area contributed by atoms with Crippen molar-refractivity contribution in [2.75, 3.05) is 0 Å². The maximum atomic E-state index is 6.67. The Morgan fingerprint density at radius 1 is 1.00 bits per heavy atom. The molecule has 0 fully saturated rings. The summed E-state index contributed by atoms with van der Waals surface area (Å²) in [5.74, 6) is 1.96. The maximum absolute atomic E-state index is 6.67. The molecule has 0 N–H and O–H groups in total. The fourth-order valence-electron chi connectivity index (χ4n) is 3.20. The van der Waals surface area contributed by atoms with E-state index in [4.69, 9.17) is 21.1 Å². The van der Waals surface area contributed by atoms with Gasteiger partial charge in [0.15, 0.2) is 0 Å². The first-order chi connectivity index (χ1) is 10.2. The van der Waals surface area contributed by atoms with Gasteiger partial charge in [-0.3, -0.25) is 0 Å². The number of hydrogen-bond acceptors (Lipinski definition) is 2. The van der Waals surface area contributed by atoms with Crippen LogP contribution in [0.3, 0.4) is 0 Å². The number of para-hydroxylation sites is 1. The smallest absolute Gasteiger partial charge is 0.123 e. The van der Waals surface area contributed by atoms with Crippen LogP contribution in [0.25, 0.3) is 0 Å². The highest BCUT2D eigenvalue weighted by atomic mass is 35.5. The molecule has 0 spiro atoms. The monoisotopic (exact) mass is 300 g/mol. The van der Waals surface area contributed by atoms with Crippen molar-refractivity contribution < 1.29 is 9.47 Å². The van der Waals surface area contributed by atoms with Crippen molar-refractivity contribution in [1.29, 1.82) is 0 Å². The van der Waals surface area contributed by atoms with E-state index in [1.165, 1.54) is 11.1 Å². The number of hydrogen-bond donors (Lipinski definition) is 0. The maximum Gasteiger partial charge on any atom is 0.123 e. The van der Waals surface area contributed by atoms with Crippen LogP contribution < -0.4 is 9.47 Å². The molecule has 3 heteroatoms. The normalized spacial score (nSPS) is 23.9. The van der Waals surface area contributed by atoms with Crippen molar-refractivity contribution in [3.8, 4) is 11.5 Å². The fraction of sp³-hybridized carbons (Fsp3) is 0.333.